The molecule has 0 radical (unpaired) electrons. The largest absolute Gasteiger partial charge is 0.489 e. The average molecular weight is 269 g/mol. The number of fused-ring (bicyclic) bond motifs is 1. The first-order chi connectivity index (χ1) is 8.72. The molecule has 0 spiro atoms. The number of esters is 1. The molecular formula is C13H13ClO4. The van der Waals surface area contributed by atoms with E-state index in [1.165, 1.54) is 12.1 Å². The van der Waals surface area contributed by atoms with Gasteiger partial charge < -0.3 is 14.2 Å². The topological polar surface area (TPSA) is 44.8 Å². The lowest BCUT2D eigenvalue weighted by molar-refractivity contribution is 0.0549. The molecule has 0 N–H and O–H groups in total. The third-order valence-corrected chi connectivity index (χ3v) is 2.65. The zero-order valence-electron chi connectivity index (χ0n) is 9.78. The first kappa shape index (κ1) is 12.8. The number of ether oxygens (including phenoxy) is 3. The third kappa shape index (κ3) is 2.76. The van der Waals surface area contributed by atoms with Crippen LogP contribution in [0.25, 0.3) is 0 Å². The van der Waals surface area contributed by atoms with Crippen LogP contribution in [-0.4, -0.2) is 25.8 Å². The Morgan fingerprint density at radius 1 is 1.44 bits per heavy atom. The van der Waals surface area contributed by atoms with Gasteiger partial charge in [0, 0.05) is 6.42 Å². The summed E-state index contributed by atoms with van der Waals surface area (Å²) in [5, 5.41) is 0.347. The maximum atomic E-state index is 11.7. The van der Waals surface area contributed by atoms with Crippen molar-refractivity contribution >= 4 is 17.6 Å². The predicted octanol–water partition coefficient (Wildman–Crippen LogP) is 2.84. The number of carbonyl (C=O) groups is 1. The minimum absolute atomic E-state index is 0.158. The summed E-state index contributed by atoms with van der Waals surface area (Å²) in [5.41, 5.74) is 0.339. The Balaban J connectivity index is 2.28. The summed E-state index contributed by atoms with van der Waals surface area (Å²) in [6.07, 6.45) is 2.28. The van der Waals surface area contributed by atoms with Crippen LogP contribution in [0.4, 0.5) is 0 Å². The van der Waals surface area contributed by atoms with E-state index in [9.17, 15) is 4.79 Å². The SMILES string of the molecule is C=CCOC(=O)c1cc(Cl)c2c(c1)OCCCO2. The highest BCUT2D eigenvalue weighted by atomic mass is 35.5. The Labute approximate surface area is 110 Å². The maximum Gasteiger partial charge on any atom is 0.338 e. The van der Waals surface area contributed by atoms with Gasteiger partial charge in [0.25, 0.3) is 0 Å². The number of halogens is 1. The quantitative estimate of drug-likeness (QED) is 0.625. The number of hydrogen-bond donors (Lipinski definition) is 0. The fourth-order valence-corrected chi connectivity index (χ4v) is 1.83. The van der Waals surface area contributed by atoms with Crippen LogP contribution in [0, 0.1) is 0 Å². The zero-order valence-corrected chi connectivity index (χ0v) is 10.5. The number of benzene rings is 1. The van der Waals surface area contributed by atoms with E-state index in [0.717, 1.165) is 6.42 Å². The van der Waals surface area contributed by atoms with Crippen molar-refractivity contribution in [2.75, 3.05) is 19.8 Å². The number of hydrogen-bond acceptors (Lipinski definition) is 4. The van der Waals surface area contributed by atoms with Crippen LogP contribution in [-0.2, 0) is 4.74 Å². The van der Waals surface area contributed by atoms with Gasteiger partial charge in [0.1, 0.15) is 6.61 Å². The van der Waals surface area contributed by atoms with E-state index in [1.807, 2.05) is 0 Å². The molecule has 0 fully saturated rings. The van der Waals surface area contributed by atoms with Gasteiger partial charge in [-0.15, -0.1) is 0 Å². The fraction of sp³-hybridized carbons (Fsp3) is 0.308. The normalized spacial score (nSPS) is 13.6. The standard InChI is InChI=1S/C13H13ClO4/c1-2-4-18-13(15)9-7-10(14)12-11(8-9)16-5-3-6-17-12/h2,7-8H,1,3-6H2. The van der Waals surface area contributed by atoms with Crippen molar-refractivity contribution < 1.29 is 19.0 Å². The van der Waals surface area contributed by atoms with Gasteiger partial charge in [-0.2, -0.15) is 0 Å². The van der Waals surface area contributed by atoms with E-state index < -0.39 is 5.97 Å². The summed E-state index contributed by atoms with van der Waals surface area (Å²) < 4.78 is 15.9. The number of carbonyl (C=O) groups excluding carboxylic acids is 1. The van der Waals surface area contributed by atoms with Crippen LogP contribution in [0.15, 0.2) is 24.8 Å². The lowest BCUT2D eigenvalue weighted by Crippen LogP contribution is -2.06. The molecule has 1 aliphatic rings. The number of rotatable bonds is 3. The second-order valence-corrected chi connectivity index (χ2v) is 4.13. The molecule has 4 nitrogen and oxygen atoms in total. The molecule has 0 bridgehead atoms. The van der Waals surface area contributed by atoms with Crippen molar-refractivity contribution in [3.05, 3.63) is 35.4 Å². The molecule has 0 amide bonds. The van der Waals surface area contributed by atoms with Gasteiger partial charge in [0.15, 0.2) is 11.5 Å². The molecule has 0 aromatic heterocycles. The minimum atomic E-state index is -0.465. The highest BCUT2D eigenvalue weighted by molar-refractivity contribution is 6.32. The molecule has 0 atom stereocenters. The lowest BCUT2D eigenvalue weighted by Gasteiger charge is -2.10. The Morgan fingerprint density at radius 3 is 3.00 bits per heavy atom. The highest BCUT2D eigenvalue weighted by Crippen LogP contribution is 2.38. The van der Waals surface area contributed by atoms with E-state index in [2.05, 4.69) is 6.58 Å². The average Bonchev–Trinajstić information content (AvgIpc) is 2.61. The van der Waals surface area contributed by atoms with E-state index >= 15 is 0 Å². The van der Waals surface area contributed by atoms with Crippen molar-refractivity contribution in [3.63, 3.8) is 0 Å². The molecule has 1 aliphatic heterocycles. The van der Waals surface area contributed by atoms with Crippen LogP contribution in [0.1, 0.15) is 16.8 Å². The second-order valence-electron chi connectivity index (χ2n) is 3.72. The Bertz CT molecular complexity index is 470. The molecular weight excluding hydrogens is 256 g/mol. The zero-order chi connectivity index (χ0) is 13.0. The molecule has 1 aromatic carbocycles. The molecule has 0 saturated carbocycles. The predicted molar refractivity (Wildman–Crippen MR) is 67.5 cm³/mol. The third-order valence-electron chi connectivity index (χ3n) is 2.37. The molecule has 1 heterocycles. The lowest BCUT2D eigenvalue weighted by atomic mass is 10.2. The summed E-state index contributed by atoms with van der Waals surface area (Å²) in [7, 11) is 0. The summed E-state index contributed by atoms with van der Waals surface area (Å²) in [6, 6.07) is 3.10. The molecule has 0 saturated heterocycles. The fourth-order valence-electron chi connectivity index (χ4n) is 1.57. The van der Waals surface area contributed by atoms with Crippen LogP contribution in [0.5, 0.6) is 11.5 Å². The summed E-state index contributed by atoms with van der Waals surface area (Å²) in [6.45, 7) is 4.72. The molecule has 0 unspecified atom stereocenters. The Hall–Kier alpha value is -1.68. The molecule has 18 heavy (non-hydrogen) atoms. The Kier molecular flexibility index (Phi) is 4.10. The maximum absolute atomic E-state index is 11.7. The van der Waals surface area contributed by atoms with Crippen LogP contribution in [0.3, 0.4) is 0 Å². The summed E-state index contributed by atoms with van der Waals surface area (Å²) in [4.78, 5) is 11.7. The van der Waals surface area contributed by atoms with E-state index in [0.29, 0.717) is 35.3 Å². The van der Waals surface area contributed by atoms with Gasteiger partial charge in [-0.3, -0.25) is 0 Å². The van der Waals surface area contributed by atoms with Crippen molar-refractivity contribution in [2.24, 2.45) is 0 Å². The molecule has 5 heteroatoms. The van der Waals surface area contributed by atoms with Gasteiger partial charge >= 0.3 is 5.97 Å². The van der Waals surface area contributed by atoms with E-state index in [1.54, 1.807) is 6.07 Å². The van der Waals surface area contributed by atoms with Gasteiger partial charge in [0.2, 0.25) is 0 Å². The van der Waals surface area contributed by atoms with Crippen molar-refractivity contribution in [2.45, 2.75) is 6.42 Å². The molecule has 1 aromatic rings. The summed E-state index contributed by atoms with van der Waals surface area (Å²) in [5.74, 6) is 0.493. The van der Waals surface area contributed by atoms with Gasteiger partial charge in [-0.1, -0.05) is 24.3 Å². The highest BCUT2D eigenvalue weighted by Gasteiger charge is 2.18. The second kappa shape index (κ2) is 5.78. The minimum Gasteiger partial charge on any atom is -0.489 e. The molecule has 2 rings (SSSR count). The van der Waals surface area contributed by atoms with Crippen molar-refractivity contribution in [1.82, 2.24) is 0 Å². The van der Waals surface area contributed by atoms with Crippen molar-refractivity contribution in [3.8, 4) is 11.5 Å². The van der Waals surface area contributed by atoms with Gasteiger partial charge in [0.05, 0.1) is 23.8 Å². The Morgan fingerprint density at radius 2 is 2.22 bits per heavy atom. The van der Waals surface area contributed by atoms with Crippen LogP contribution >= 0.6 is 11.6 Å². The van der Waals surface area contributed by atoms with Crippen LogP contribution in [0.2, 0.25) is 5.02 Å². The molecule has 96 valence electrons. The smallest absolute Gasteiger partial charge is 0.338 e. The van der Waals surface area contributed by atoms with E-state index in [-0.39, 0.29) is 6.61 Å². The van der Waals surface area contributed by atoms with Gasteiger partial charge in [-0.05, 0) is 12.1 Å². The van der Waals surface area contributed by atoms with E-state index in [4.69, 9.17) is 25.8 Å². The van der Waals surface area contributed by atoms with Gasteiger partial charge in [-0.25, -0.2) is 4.79 Å². The van der Waals surface area contributed by atoms with Crippen molar-refractivity contribution in [1.29, 1.82) is 0 Å². The van der Waals surface area contributed by atoms with Crippen LogP contribution < -0.4 is 9.47 Å². The first-order valence-corrected chi connectivity index (χ1v) is 5.97. The molecule has 0 aliphatic carbocycles. The first-order valence-electron chi connectivity index (χ1n) is 5.59. The summed E-state index contributed by atoms with van der Waals surface area (Å²) >= 11 is 6.07. The monoisotopic (exact) mass is 268 g/mol.